The molecule has 0 radical (unpaired) electrons. The lowest BCUT2D eigenvalue weighted by Gasteiger charge is -2.32. The maximum atomic E-state index is 13.4. The van der Waals surface area contributed by atoms with Gasteiger partial charge in [-0.15, -0.1) is 0 Å². The van der Waals surface area contributed by atoms with Gasteiger partial charge in [0.25, 0.3) is 5.91 Å². The van der Waals surface area contributed by atoms with Crippen molar-refractivity contribution in [3.05, 3.63) is 53.6 Å². The van der Waals surface area contributed by atoms with Crippen LogP contribution in [0, 0.1) is 5.41 Å². The number of benzene rings is 2. The van der Waals surface area contributed by atoms with Crippen molar-refractivity contribution in [2.45, 2.75) is 40.0 Å². The van der Waals surface area contributed by atoms with E-state index in [1.54, 1.807) is 0 Å². The summed E-state index contributed by atoms with van der Waals surface area (Å²) in [5, 5.41) is 1.03. The molecule has 2 N–H and O–H groups in total. The van der Waals surface area contributed by atoms with E-state index < -0.39 is 0 Å². The van der Waals surface area contributed by atoms with Gasteiger partial charge in [-0.05, 0) is 65.6 Å². The molecule has 2 aromatic carbocycles. The lowest BCUT2D eigenvalue weighted by Crippen LogP contribution is -2.42. The predicted octanol–water partition coefficient (Wildman–Crippen LogP) is 5.15. The third-order valence-electron chi connectivity index (χ3n) is 7.13. The molecule has 3 heterocycles. The number of carbonyl (C=O) groups is 1. The molecule has 2 fully saturated rings. The van der Waals surface area contributed by atoms with Gasteiger partial charge < -0.3 is 20.3 Å². The molecule has 0 aliphatic carbocycles. The van der Waals surface area contributed by atoms with Gasteiger partial charge in [0.1, 0.15) is 5.82 Å². The van der Waals surface area contributed by atoms with Crippen LogP contribution in [-0.4, -0.2) is 55.2 Å². The number of pyridine rings is 1. The molecular formula is C29H36N4O2. The standard InChI is InChI=1S/C29H36N4O2/c1-29(2,3)11-10-20-6-4-7-23(28(34)33-12-5-13-33)26(20)21-8-9-24-22(18-21)19-25(27(30)31-24)32-14-16-35-17-15-32/h4,6-9,18-19H,5,10-17H2,1-3H3,(H2,30,31). The van der Waals surface area contributed by atoms with Gasteiger partial charge in [0.2, 0.25) is 0 Å². The average Bonchev–Trinajstić information content (AvgIpc) is 2.81. The highest BCUT2D eigenvalue weighted by molar-refractivity contribution is 6.03. The molecule has 6 heteroatoms. The summed E-state index contributed by atoms with van der Waals surface area (Å²) in [6.07, 6.45) is 3.06. The topological polar surface area (TPSA) is 71.7 Å². The van der Waals surface area contributed by atoms with Crippen LogP contribution in [0.3, 0.4) is 0 Å². The molecule has 1 amide bonds. The molecule has 0 bridgehead atoms. The molecule has 6 nitrogen and oxygen atoms in total. The number of ether oxygens (including phenoxy) is 1. The minimum absolute atomic E-state index is 0.133. The number of hydrogen-bond donors (Lipinski definition) is 1. The number of amides is 1. The first-order chi connectivity index (χ1) is 16.8. The molecular weight excluding hydrogens is 436 g/mol. The van der Waals surface area contributed by atoms with Gasteiger partial charge in [-0.2, -0.15) is 0 Å². The van der Waals surface area contributed by atoms with Gasteiger partial charge in [0.15, 0.2) is 0 Å². The van der Waals surface area contributed by atoms with E-state index in [9.17, 15) is 4.79 Å². The summed E-state index contributed by atoms with van der Waals surface area (Å²) < 4.78 is 5.52. The van der Waals surface area contributed by atoms with Crippen molar-refractivity contribution in [1.29, 1.82) is 0 Å². The zero-order chi connectivity index (χ0) is 24.6. The quantitative estimate of drug-likeness (QED) is 0.556. The Labute approximate surface area is 208 Å². The van der Waals surface area contributed by atoms with E-state index in [-0.39, 0.29) is 11.3 Å². The van der Waals surface area contributed by atoms with Crippen LogP contribution in [0.15, 0.2) is 42.5 Å². The Morgan fingerprint density at radius 1 is 1.06 bits per heavy atom. The Morgan fingerprint density at radius 3 is 2.51 bits per heavy atom. The summed E-state index contributed by atoms with van der Waals surface area (Å²) in [7, 11) is 0. The first-order valence-electron chi connectivity index (χ1n) is 12.7. The minimum atomic E-state index is 0.133. The maximum absolute atomic E-state index is 13.4. The molecule has 1 aromatic heterocycles. The van der Waals surface area contributed by atoms with Crippen LogP contribution in [0.4, 0.5) is 11.5 Å². The van der Waals surface area contributed by atoms with E-state index >= 15 is 0 Å². The van der Waals surface area contributed by atoms with E-state index in [1.165, 1.54) is 5.56 Å². The van der Waals surface area contributed by atoms with Crippen LogP contribution in [0.2, 0.25) is 0 Å². The zero-order valence-corrected chi connectivity index (χ0v) is 21.1. The van der Waals surface area contributed by atoms with Crippen LogP contribution in [0.5, 0.6) is 0 Å². The van der Waals surface area contributed by atoms with Crippen molar-refractivity contribution in [3.8, 4) is 11.1 Å². The summed E-state index contributed by atoms with van der Waals surface area (Å²) >= 11 is 0. The van der Waals surface area contributed by atoms with Crippen LogP contribution >= 0.6 is 0 Å². The maximum Gasteiger partial charge on any atom is 0.254 e. The Morgan fingerprint density at radius 2 is 1.83 bits per heavy atom. The number of anilines is 2. The molecule has 0 unspecified atom stereocenters. The molecule has 0 spiro atoms. The van der Waals surface area contributed by atoms with Crippen LogP contribution < -0.4 is 10.6 Å². The average molecular weight is 473 g/mol. The number of carbonyl (C=O) groups excluding carboxylic acids is 1. The molecule has 35 heavy (non-hydrogen) atoms. The van der Waals surface area contributed by atoms with E-state index in [0.717, 1.165) is 78.7 Å². The van der Waals surface area contributed by atoms with Crippen molar-refractivity contribution >= 4 is 28.3 Å². The fraction of sp³-hybridized carbons (Fsp3) is 0.448. The van der Waals surface area contributed by atoms with Gasteiger partial charge in [0, 0.05) is 37.1 Å². The smallest absolute Gasteiger partial charge is 0.254 e. The number of likely N-dealkylation sites (tertiary alicyclic amines) is 1. The van der Waals surface area contributed by atoms with Crippen molar-refractivity contribution in [3.63, 3.8) is 0 Å². The first kappa shape index (κ1) is 23.6. The number of aryl methyl sites for hydroxylation is 1. The third kappa shape index (κ3) is 4.98. The summed E-state index contributed by atoms with van der Waals surface area (Å²) in [6.45, 7) is 11.5. The molecule has 0 atom stereocenters. The number of morpholine rings is 1. The van der Waals surface area contributed by atoms with E-state index in [0.29, 0.717) is 19.0 Å². The Hall–Kier alpha value is -3.12. The van der Waals surface area contributed by atoms with Gasteiger partial charge in [-0.3, -0.25) is 4.79 Å². The molecule has 3 aromatic rings. The van der Waals surface area contributed by atoms with Gasteiger partial charge >= 0.3 is 0 Å². The molecule has 5 rings (SSSR count). The summed E-state index contributed by atoms with van der Waals surface area (Å²) in [5.74, 6) is 0.680. The predicted molar refractivity (Wildman–Crippen MR) is 143 cm³/mol. The largest absolute Gasteiger partial charge is 0.382 e. The molecule has 184 valence electrons. The number of hydrogen-bond acceptors (Lipinski definition) is 5. The third-order valence-corrected chi connectivity index (χ3v) is 7.13. The monoisotopic (exact) mass is 472 g/mol. The fourth-order valence-corrected chi connectivity index (χ4v) is 4.92. The Bertz CT molecular complexity index is 1240. The highest BCUT2D eigenvalue weighted by Gasteiger charge is 2.26. The highest BCUT2D eigenvalue weighted by Crippen LogP contribution is 2.35. The van der Waals surface area contributed by atoms with E-state index in [4.69, 9.17) is 15.5 Å². The number of nitrogens with zero attached hydrogens (tertiary/aromatic N) is 3. The molecule has 2 saturated heterocycles. The Kier molecular flexibility index (Phi) is 6.41. The van der Waals surface area contributed by atoms with Crippen molar-refractivity contribution in [2.24, 2.45) is 5.41 Å². The highest BCUT2D eigenvalue weighted by atomic mass is 16.5. The van der Waals surface area contributed by atoms with E-state index in [1.807, 2.05) is 23.1 Å². The van der Waals surface area contributed by atoms with Crippen LogP contribution in [0.25, 0.3) is 22.0 Å². The second kappa shape index (κ2) is 9.50. The number of nitrogens with two attached hydrogens (primary N) is 1. The van der Waals surface area contributed by atoms with Crippen LogP contribution in [0.1, 0.15) is 49.5 Å². The fourth-order valence-electron chi connectivity index (χ4n) is 4.92. The second-order valence-electron chi connectivity index (χ2n) is 10.9. The second-order valence-corrected chi connectivity index (χ2v) is 10.9. The van der Waals surface area contributed by atoms with Gasteiger partial charge in [0.05, 0.1) is 24.4 Å². The van der Waals surface area contributed by atoms with Gasteiger partial charge in [-0.25, -0.2) is 4.98 Å². The van der Waals surface area contributed by atoms with Crippen molar-refractivity contribution in [2.75, 3.05) is 50.0 Å². The van der Waals surface area contributed by atoms with Crippen molar-refractivity contribution < 1.29 is 9.53 Å². The van der Waals surface area contributed by atoms with Crippen LogP contribution in [-0.2, 0) is 11.2 Å². The minimum Gasteiger partial charge on any atom is -0.382 e. The Balaban J connectivity index is 1.60. The molecule has 0 saturated carbocycles. The first-order valence-corrected chi connectivity index (χ1v) is 12.7. The lowest BCUT2D eigenvalue weighted by atomic mass is 9.84. The number of nitrogen functional groups attached to an aromatic ring is 1. The molecule has 2 aliphatic rings. The lowest BCUT2D eigenvalue weighted by molar-refractivity contribution is 0.0652. The summed E-state index contributed by atoms with van der Waals surface area (Å²) in [5.41, 5.74) is 12.5. The zero-order valence-electron chi connectivity index (χ0n) is 21.1. The SMILES string of the molecule is CC(C)(C)CCc1cccc(C(=O)N2CCC2)c1-c1ccc2nc(N)c(N3CCOCC3)cc2c1. The summed E-state index contributed by atoms with van der Waals surface area (Å²) in [6, 6.07) is 14.6. The summed E-state index contributed by atoms with van der Waals surface area (Å²) in [4.78, 5) is 22.3. The number of rotatable bonds is 5. The normalized spacial score (nSPS) is 16.4. The number of fused-ring (bicyclic) bond motifs is 1. The van der Waals surface area contributed by atoms with Crippen molar-refractivity contribution in [1.82, 2.24) is 9.88 Å². The number of aromatic nitrogens is 1. The molecule has 2 aliphatic heterocycles. The van der Waals surface area contributed by atoms with E-state index in [2.05, 4.69) is 49.9 Å². The van der Waals surface area contributed by atoms with Gasteiger partial charge in [-0.1, -0.05) is 39.0 Å².